The molecule has 1 N–H and O–H groups in total. The summed E-state index contributed by atoms with van der Waals surface area (Å²) in [5.74, 6) is 0.892. The largest absolute Gasteiger partial charge is 0.348 e. The van der Waals surface area contributed by atoms with Gasteiger partial charge in [-0.3, -0.25) is 9.59 Å². The van der Waals surface area contributed by atoms with E-state index in [9.17, 15) is 9.59 Å². The average Bonchev–Trinajstić information content (AvgIpc) is 3.36. The molecular weight excluding hydrogens is 328 g/mol. The van der Waals surface area contributed by atoms with Crippen LogP contribution in [0.5, 0.6) is 0 Å². The molecule has 6 heteroatoms. The molecule has 26 heavy (non-hydrogen) atoms. The highest BCUT2D eigenvalue weighted by atomic mass is 16.2. The predicted octanol–water partition coefficient (Wildman–Crippen LogP) is 2.37. The lowest BCUT2D eigenvalue weighted by atomic mass is 9.73. The molecule has 3 aliphatic rings. The lowest BCUT2D eigenvalue weighted by Crippen LogP contribution is -2.56. The van der Waals surface area contributed by atoms with Gasteiger partial charge in [0, 0.05) is 62.2 Å². The van der Waals surface area contributed by atoms with Crippen LogP contribution in [-0.2, 0) is 16.0 Å². The summed E-state index contributed by atoms with van der Waals surface area (Å²) in [6.45, 7) is 3.28. The summed E-state index contributed by atoms with van der Waals surface area (Å²) in [5, 5.41) is 0. The third kappa shape index (κ3) is 3.64. The van der Waals surface area contributed by atoms with Crippen molar-refractivity contribution in [2.24, 2.45) is 11.3 Å². The number of rotatable bonds is 4. The van der Waals surface area contributed by atoms with Gasteiger partial charge in [0.05, 0.1) is 6.33 Å². The first kappa shape index (κ1) is 17.6. The Labute approximate surface area is 155 Å². The van der Waals surface area contributed by atoms with Crippen molar-refractivity contribution in [2.75, 3.05) is 26.2 Å². The van der Waals surface area contributed by atoms with E-state index in [1.807, 2.05) is 11.1 Å². The standard InChI is InChI=1S/C20H30N4O2/c25-18-6-9-20(13-23(18)11-7-17-12-21-15-22-17)8-3-10-24(14-20)19(26)16-4-1-2-5-16/h12,15-16H,1-11,13-14H2,(H,21,22)/t20-/m1/s1. The average molecular weight is 358 g/mol. The Kier molecular flexibility index (Phi) is 5.00. The fraction of sp³-hybridized carbons (Fsp3) is 0.750. The first-order valence-corrected chi connectivity index (χ1v) is 10.2. The number of likely N-dealkylation sites (tertiary alicyclic amines) is 2. The van der Waals surface area contributed by atoms with E-state index < -0.39 is 0 Å². The Morgan fingerprint density at radius 1 is 1.23 bits per heavy atom. The molecule has 3 heterocycles. The summed E-state index contributed by atoms with van der Waals surface area (Å²) in [6.07, 6.45) is 12.6. The summed E-state index contributed by atoms with van der Waals surface area (Å²) in [4.78, 5) is 36.6. The van der Waals surface area contributed by atoms with Crippen LogP contribution in [0.3, 0.4) is 0 Å². The van der Waals surface area contributed by atoms with E-state index >= 15 is 0 Å². The maximum atomic E-state index is 12.9. The summed E-state index contributed by atoms with van der Waals surface area (Å²) in [5.41, 5.74) is 1.17. The highest BCUT2D eigenvalue weighted by Crippen LogP contribution is 2.40. The fourth-order valence-corrected chi connectivity index (χ4v) is 5.14. The van der Waals surface area contributed by atoms with Gasteiger partial charge in [-0.1, -0.05) is 12.8 Å². The number of amides is 2. The van der Waals surface area contributed by atoms with Gasteiger partial charge in [-0.25, -0.2) is 4.98 Å². The Morgan fingerprint density at radius 2 is 2.08 bits per heavy atom. The van der Waals surface area contributed by atoms with Gasteiger partial charge in [0.1, 0.15) is 0 Å². The van der Waals surface area contributed by atoms with E-state index in [0.717, 1.165) is 70.4 Å². The van der Waals surface area contributed by atoms with Crippen LogP contribution in [0.4, 0.5) is 0 Å². The second-order valence-electron chi connectivity index (χ2n) is 8.49. The molecule has 142 valence electrons. The van der Waals surface area contributed by atoms with Gasteiger partial charge in [0.15, 0.2) is 0 Å². The summed E-state index contributed by atoms with van der Waals surface area (Å²) >= 11 is 0. The van der Waals surface area contributed by atoms with Crippen molar-refractivity contribution >= 4 is 11.8 Å². The van der Waals surface area contributed by atoms with E-state index in [-0.39, 0.29) is 17.2 Å². The number of nitrogens with zero attached hydrogens (tertiary/aromatic N) is 3. The molecule has 6 nitrogen and oxygen atoms in total. The van der Waals surface area contributed by atoms with Crippen LogP contribution in [0, 0.1) is 11.3 Å². The minimum absolute atomic E-state index is 0.106. The van der Waals surface area contributed by atoms with Crippen LogP contribution in [0.2, 0.25) is 0 Å². The molecule has 1 atom stereocenters. The molecule has 4 rings (SSSR count). The third-order valence-corrected chi connectivity index (χ3v) is 6.63. The Hall–Kier alpha value is -1.85. The quantitative estimate of drug-likeness (QED) is 0.898. The third-order valence-electron chi connectivity index (χ3n) is 6.63. The highest BCUT2D eigenvalue weighted by Gasteiger charge is 2.43. The molecule has 1 spiro atoms. The summed E-state index contributed by atoms with van der Waals surface area (Å²) < 4.78 is 0. The van der Waals surface area contributed by atoms with Crippen LogP contribution in [-0.4, -0.2) is 57.8 Å². The van der Waals surface area contributed by atoms with Crippen LogP contribution < -0.4 is 0 Å². The monoisotopic (exact) mass is 358 g/mol. The number of aromatic nitrogens is 2. The molecule has 2 amide bonds. The molecule has 0 bridgehead atoms. The van der Waals surface area contributed by atoms with Gasteiger partial charge in [-0.2, -0.15) is 0 Å². The fourth-order valence-electron chi connectivity index (χ4n) is 5.14. The number of carbonyl (C=O) groups is 2. The van der Waals surface area contributed by atoms with Crippen LogP contribution in [0.25, 0.3) is 0 Å². The number of carbonyl (C=O) groups excluding carboxylic acids is 2. The topological polar surface area (TPSA) is 69.3 Å². The zero-order valence-electron chi connectivity index (χ0n) is 15.6. The number of piperidine rings is 2. The van der Waals surface area contributed by atoms with Gasteiger partial charge in [0.2, 0.25) is 11.8 Å². The Bertz CT molecular complexity index is 638. The number of imidazole rings is 1. The molecule has 1 aromatic rings. The maximum absolute atomic E-state index is 12.9. The summed E-state index contributed by atoms with van der Waals surface area (Å²) in [6, 6.07) is 0. The molecule has 2 aliphatic heterocycles. The van der Waals surface area contributed by atoms with Gasteiger partial charge >= 0.3 is 0 Å². The Balaban J connectivity index is 1.39. The van der Waals surface area contributed by atoms with Crippen molar-refractivity contribution in [3.05, 3.63) is 18.2 Å². The van der Waals surface area contributed by atoms with Crippen molar-refractivity contribution in [3.8, 4) is 0 Å². The van der Waals surface area contributed by atoms with Gasteiger partial charge in [-0.05, 0) is 32.1 Å². The highest BCUT2D eigenvalue weighted by molar-refractivity contribution is 5.80. The van der Waals surface area contributed by atoms with E-state index in [1.54, 1.807) is 6.33 Å². The molecule has 0 radical (unpaired) electrons. The minimum Gasteiger partial charge on any atom is -0.348 e. The zero-order valence-corrected chi connectivity index (χ0v) is 15.6. The first-order chi connectivity index (χ1) is 12.7. The minimum atomic E-state index is 0.106. The Morgan fingerprint density at radius 3 is 2.85 bits per heavy atom. The normalized spacial score (nSPS) is 27.5. The van der Waals surface area contributed by atoms with Crippen LogP contribution >= 0.6 is 0 Å². The smallest absolute Gasteiger partial charge is 0.225 e. The second-order valence-corrected chi connectivity index (χ2v) is 8.49. The van der Waals surface area contributed by atoms with Crippen molar-refractivity contribution in [3.63, 3.8) is 0 Å². The van der Waals surface area contributed by atoms with Crippen LogP contribution in [0.15, 0.2) is 12.5 Å². The summed E-state index contributed by atoms with van der Waals surface area (Å²) in [7, 11) is 0. The molecule has 0 aromatic carbocycles. The second kappa shape index (κ2) is 7.41. The number of nitrogens with one attached hydrogen (secondary N) is 1. The number of hydrogen-bond acceptors (Lipinski definition) is 3. The molecular formula is C20H30N4O2. The molecule has 0 unspecified atom stereocenters. The first-order valence-electron chi connectivity index (χ1n) is 10.2. The van der Waals surface area contributed by atoms with E-state index in [1.165, 1.54) is 12.8 Å². The van der Waals surface area contributed by atoms with Gasteiger partial charge in [0.25, 0.3) is 0 Å². The zero-order chi connectivity index (χ0) is 18.0. The number of aromatic amines is 1. The number of hydrogen-bond donors (Lipinski definition) is 1. The lowest BCUT2D eigenvalue weighted by molar-refractivity contribution is -0.145. The van der Waals surface area contributed by atoms with Crippen molar-refractivity contribution in [2.45, 2.75) is 57.8 Å². The molecule has 1 saturated carbocycles. The molecule has 1 aliphatic carbocycles. The molecule has 3 fully saturated rings. The molecule has 2 saturated heterocycles. The van der Waals surface area contributed by atoms with E-state index in [0.29, 0.717) is 12.3 Å². The number of H-pyrrole nitrogens is 1. The van der Waals surface area contributed by atoms with E-state index in [2.05, 4.69) is 14.9 Å². The van der Waals surface area contributed by atoms with Crippen molar-refractivity contribution < 1.29 is 9.59 Å². The van der Waals surface area contributed by atoms with Gasteiger partial charge < -0.3 is 14.8 Å². The van der Waals surface area contributed by atoms with E-state index in [4.69, 9.17) is 0 Å². The van der Waals surface area contributed by atoms with Gasteiger partial charge in [-0.15, -0.1) is 0 Å². The SMILES string of the molecule is O=C1CC[C@]2(CCCN(C(=O)C3CCCC3)C2)CN1CCc1cnc[nH]1. The predicted molar refractivity (Wildman–Crippen MR) is 98.3 cm³/mol. The van der Waals surface area contributed by atoms with Crippen molar-refractivity contribution in [1.82, 2.24) is 19.8 Å². The van der Waals surface area contributed by atoms with Crippen molar-refractivity contribution in [1.29, 1.82) is 0 Å². The van der Waals surface area contributed by atoms with Crippen LogP contribution in [0.1, 0.15) is 57.1 Å². The lowest BCUT2D eigenvalue weighted by Gasteiger charge is -2.48. The maximum Gasteiger partial charge on any atom is 0.225 e. The molecule has 1 aromatic heterocycles.